The number of hydrogen-bond acceptors (Lipinski definition) is 6. The Balaban J connectivity index is 1.33. The molecule has 1 unspecified atom stereocenters. The number of fused-ring (bicyclic) bond motifs is 1. The molecule has 6 nitrogen and oxygen atoms in total. The van der Waals surface area contributed by atoms with Crippen molar-refractivity contribution in [3.63, 3.8) is 0 Å². The van der Waals surface area contributed by atoms with Crippen LogP contribution in [0.1, 0.15) is 11.6 Å². The van der Waals surface area contributed by atoms with Crippen LogP contribution in [0.2, 0.25) is 0 Å². The summed E-state index contributed by atoms with van der Waals surface area (Å²) in [6, 6.07) is 12.2. The molecule has 2 aromatic carbocycles. The highest BCUT2D eigenvalue weighted by Crippen LogP contribution is 2.34. The molecule has 0 aliphatic carbocycles. The first-order valence-electron chi connectivity index (χ1n) is 10.1. The van der Waals surface area contributed by atoms with Crippen molar-refractivity contribution in [3.8, 4) is 11.5 Å². The number of ether oxygens (including phenoxy) is 3. The molecule has 2 heterocycles. The van der Waals surface area contributed by atoms with E-state index < -0.39 is 0 Å². The second kappa shape index (κ2) is 10.1. The lowest BCUT2D eigenvalue weighted by molar-refractivity contribution is -0.118. The molecule has 2 aromatic rings. The van der Waals surface area contributed by atoms with Crippen molar-refractivity contribution in [2.75, 3.05) is 51.8 Å². The van der Waals surface area contributed by atoms with Gasteiger partial charge in [-0.25, -0.2) is 4.39 Å². The summed E-state index contributed by atoms with van der Waals surface area (Å²) < 4.78 is 29.9. The smallest absolute Gasteiger partial charge is 0.230 e. The number of thioether (sulfide) groups is 1. The van der Waals surface area contributed by atoms with Crippen LogP contribution in [0.3, 0.4) is 0 Å². The number of carbonyl (C=O) groups excluding carboxylic acids is 1. The predicted octanol–water partition coefficient (Wildman–Crippen LogP) is 2.88. The lowest BCUT2D eigenvalue weighted by Gasteiger charge is -2.35. The zero-order chi connectivity index (χ0) is 20.8. The molecular formula is C22H25FN2O4S. The van der Waals surface area contributed by atoms with Gasteiger partial charge in [0.15, 0.2) is 11.5 Å². The Bertz CT molecular complexity index is 859. The Hall–Kier alpha value is -2.29. The van der Waals surface area contributed by atoms with Crippen molar-refractivity contribution in [1.29, 1.82) is 0 Å². The highest BCUT2D eigenvalue weighted by atomic mass is 32.2. The van der Waals surface area contributed by atoms with E-state index in [1.165, 1.54) is 23.9 Å². The Labute approximate surface area is 179 Å². The van der Waals surface area contributed by atoms with Crippen LogP contribution in [-0.2, 0) is 9.53 Å². The first kappa shape index (κ1) is 21.0. The summed E-state index contributed by atoms with van der Waals surface area (Å²) in [6.07, 6.45) is 0. The van der Waals surface area contributed by atoms with E-state index in [2.05, 4.69) is 10.2 Å². The average Bonchev–Trinajstić information content (AvgIpc) is 2.79. The molecule has 30 heavy (non-hydrogen) atoms. The van der Waals surface area contributed by atoms with Crippen molar-refractivity contribution in [3.05, 3.63) is 53.8 Å². The van der Waals surface area contributed by atoms with E-state index >= 15 is 0 Å². The first-order chi connectivity index (χ1) is 14.7. The molecule has 0 bridgehead atoms. The van der Waals surface area contributed by atoms with Crippen molar-refractivity contribution >= 4 is 17.7 Å². The number of nitrogens with one attached hydrogen (secondary N) is 1. The van der Waals surface area contributed by atoms with E-state index in [1.54, 1.807) is 12.1 Å². The van der Waals surface area contributed by atoms with Crippen LogP contribution in [0.4, 0.5) is 4.39 Å². The molecule has 8 heteroatoms. The number of halogens is 1. The second-order valence-electron chi connectivity index (χ2n) is 7.11. The molecule has 0 aromatic heterocycles. The second-order valence-corrected chi connectivity index (χ2v) is 8.16. The van der Waals surface area contributed by atoms with Crippen molar-refractivity contribution in [1.82, 2.24) is 10.2 Å². The van der Waals surface area contributed by atoms with Crippen molar-refractivity contribution in [2.45, 2.75) is 10.9 Å². The van der Waals surface area contributed by atoms with E-state index in [0.717, 1.165) is 35.0 Å². The number of carbonyl (C=O) groups is 1. The Kier molecular flexibility index (Phi) is 7.09. The van der Waals surface area contributed by atoms with E-state index in [0.29, 0.717) is 38.7 Å². The van der Waals surface area contributed by atoms with E-state index in [1.807, 2.05) is 18.2 Å². The average molecular weight is 433 g/mol. The van der Waals surface area contributed by atoms with Crippen molar-refractivity contribution in [2.24, 2.45) is 0 Å². The molecule has 0 spiro atoms. The number of benzene rings is 2. The van der Waals surface area contributed by atoms with Crippen LogP contribution in [0.25, 0.3) is 0 Å². The maximum Gasteiger partial charge on any atom is 0.230 e. The number of amides is 1. The van der Waals surface area contributed by atoms with E-state index in [4.69, 9.17) is 14.2 Å². The van der Waals surface area contributed by atoms with Crippen LogP contribution in [-0.4, -0.2) is 62.6 Å². The summed E-state index contributed by atoms with van der Waals surface area (Å²) in [6.45, 7) is 4.44. The molecular weight excluding hydrogens is 407 g/mol. The Morgan fingerprint density at radius 1 is 1.03 bits per heavy atom. The molecule has 1 atom stereocenters. The number of rotatable bonds is 7. The number of nitrogens with zero attached hydrogens (tertiary/aromatic N) is 1. The number of hydrogen-bond donors (Lipinski definition) is 1. The zero-order valence-electron chi connectivity index (χ0n) is 16.6. The summed E-state index contributed by atoms with van der Waals surface area (Å²) in [5.41, 5.74) is 0.984. The van der Waals surface area contributed by atoms with Gasteiger partial charge < -0.3 is 19.5 Å². The third-order valence-electron chi connectivity index (χ3n) is 5.12. The Morgan fingerprint density at radius 3 is 2.53 bits per heavy atom. The van der Waals surface area contributed by atoms with Gasteiger partial charge in [-0.1, -0.05) is 12.1 Å². The first-order valence-corrected chi connectivity index (χ1v) is 11.0. The van der Waals surface area contributed by atoms with Crippen LogP contribution < -0.4 is 14.8 Å². The summed E-state index contributed by atoms with van der Waals surface area (Å²) >= 11 is 1.46. The largest absolute Gasteiger partial charge is 0.486 e. The van der Waals surface area contributed by atoms with Crippen molar-refractivity contribution < 1.29 is 23.4 Å². The van der Waals surface area contributed by atoms with Gasteiger partial charge in [0.25, 0.3) is 0 Å². The van der Waals surface area contributed by atoms with Gasteiger partial charge in [-0.2, -0.15) is 0 Å². The minimum absolute atomic E-state index is 0.0160. The molecule has 2 aliphatic heterocycles. The molecule has 160 valence electrons. The lowest BCUT2D eigenvalue weighted by atomic mass is 10.0. The fraction of sp³-hybridized carbons (Fsp3) is 0.409. The van der Waals surface area contributed by atoms with Gasteiger partial charge in [0, 0.05) is 24.5 Å². The fourth-order valence-electron chi connectivity index (χ4n) is 3.56. The van der Waals surface area contributed by atoms with Crippen LogP contribution >= 0.6 is 11.8 Å². The summed E-state index contributed by atoms with van der Waals surface area (Å²) in [5.74, 6) is 1.45. The van der Waals surface area contributed by atoms with E-state index in [-0.39, 0.29) is 17.8 Å². The lowest BCUT2D eigenvalue weighted by Crippen LogP contribution is -2.44. The maximum absolute atomic E-state index is 13.4. The molecule has 1 saturated heterocycles. The number of morpholine rings is 1. The van der Waals surface area contributed by atoms with Gasteiger partial charge in [-0.3, -0.25) is 9.69 Å². The SMILES string of the molecule is O=C(CSc1ccc2c(c1)OCCO2)NCC(c1ccc(F)cc1)N1CCOCC1. The molecule has 1 amide bonds. The molecule has 0 saturated carbocycles. The van der Waals surface area contributed by atoms with Crippen LogP contribution in [0.5, 0.6) is 11.5 Å². The van der Waals surface area contributed by atoms with E-state index in [9.17, 15) is 9.18 Å². The normalized spacial score (nSPS) is 17.4. The Morgan fingerprint density at radius 2 is 1.77 bits per heavy atom. The van der Waals surface area contributed by atoms with Gasteiger partial charge in [0.1, 0.15) is 19.0 Å². The molecule has 0 radical (unpaired) electrons. The topological polar surface area (TPSA) is 60.0 Å². The van der Waals surface area contributed by atoms with Gasteiger partial charge in [0.05, 0.1) is 25.0 Å². The monoisotopic (exact) mass is 432 g/mol. The van der Waals surface area contributed by atoms with Gasteiger partial charge in [-0.15, -0.1) is 11.8 Å². The minimum atomic E-state index is -0.264. The van der Waals surface area contributed by atoms with Crippen LogP contribution in [0, 0.1) is 5.82 Å². The quantitative estimate of drug-likeness (QED) is 0.679. The van der Waals surface area contributed by atoms with Gasteiger partial charge in [0.2, 0.25) is 5.91 Å². The highest BCUT2D eigenvalue weighted by Gasteiger charge is 2.23. The predicted molar refractivity (Wildman–Crippen MR) is 113 cm³/mol. The van der Waals surface area contributed by atoms with Gasteiger partial charge >= 0.3 is 0 Å². The summed E-state index contributed by atoms with van der Waals surface area (Å²) in [7, 11) is 0. The third-order valence-corrected chi connectivity index (χ3v) is 6.11. The minimum Gasteiger partial charge on any atom is -0.486 e. The summed E-state index contributed by atoms with van der Waals surface area (Å²) in [5, 5.41) is 3.03. The fourth-order valence-corrected chi connectivity index (χ4v) is 4.31. The molecule has 4 rings (SSSR count). The molecule has 2 aliphatic rings. The zero-order valence-corrected chi connectivity index (χ0v) is 17.5. The standard InChI is InChI=1S/C22H25FN2O4S/c23-17-3-1-16(2-4-17)19(25-7-9-27-10-8-25)14-24-22(26)15-30-18-5-6-20-21(13-18)29-12-11-28-20/h1-6,13,19H,7-12,14-15H2,(H,24,26). The highest BCUT2D eigenvalue weighted by molar-refractivity contribution is 8.00. The summed E-state index contributed by atoms with van der Waals surface area (Å²) in [4.78, 5) is 15.7. The molecule has 1 fully saturated rings. The third kappa shape index (κ3) is 5.44. The van der Waals surface area contributed by atoms with Crippen LogP contribution in [0.15, 0.2) is 47.4 Å². The maximum atomic E-state index is 13.4. The van der Waals surface area contributed by atoms with Gasteiger partial charge in [-0.05, 0) is 35.9 Å². The molecule has 1 N–H and O–H groups in total.